The quantitative estimate of drug-likeness (QED) is 0.929. The Morgan fingerprint density at radius 3 is 3.00 bits per heavy atom. The van der Waals surface area contributed by atoms with Crippen molar-refractivity contribution in [2.24, 2.45) is 11.8 Å². The number of hydrogen-bond donors (Lipinski definition) is 1. The third-order valence-corrected chi connectivity index (χ3v) is 5.03. The number of nitrogens with one attached hydrogen (secondary N) is 1. The Morgan fingerprint density at radius 1 is 1.36 bits per heavy atom. The standard InChI is InChI=1S/C17H28N4O/c1-13(2)12-20-10-8-18-16(20)11-19-17(22)21-9-7-14-5-3-4-6-15(14)21/h8,10,13-15H,3-7,9,11-12H2,1-2H3,(H,19,22)/t14-,15-/m0/s1. The monoisotopic (exact) mass is 304 g/mol. The molecule has 2 aliphatic rings. The first-order chi connectivity index (χ1) is 10.6. The van der Waals surface area contributed by atoms with Crippen molar-refractivity contribution in [1.29, 1.82) is 0 Å². The normalized spacial score (nSPS) is 24.6. The zero-order valence-corrected chi connectivity index (χ0v) is 13.8. The second-order valence-electron chi connectivity index (χ2n) is 7.14. The third-order valence-electron chi connectivity index (χ3n) is 5.03. The number of carbonyl (C=O) groups excluding carboxylic acids is 1. The van der Waals surface area contributed by atoms with Crippen molar-refractivity contribution in [3.63, 3.8) is 0 Å². The molecule has 2 heterocycles. The van der Waals surface area contributed by atoms with E-state index >= 15 is 0 Å². The van der Waals surface area contributed by atoms with Gasteiger partial charge in [0.1, 0.15) is 5.82 Å². The van der Waals surface area contributed by atoms with E-state index in [1.54, 1.807) is 0 Å². The molecule has 1 N–H and O–H groups in total. The van der Waals surface area contributed by atoms with Gasteiger partial charge in [-0.1, -0.05) is 26.7 Å². The summed E-state index contributed by atoms with van der Waals surface area (Å²) in [5, 5.41) is 3.08. The molecule has 5 heteroatoms. The van der Waals surface area contributed by atoms with Crippen LogP contribution in [-0.2, 0) is 13.1 Å². The fourth-order valence-electron chi connectivity index (χ4n) is 3.98. The van der Waals surface area contributed by atoms with E-state index < -0.39 is 0 Å². The minimum atomic E-state index is 0.0912. The number of amides is 2. The summed E-state index contributed by atoms with van der Waals surface area (Å²) in [6, 6.07) is 0.567. The lowest BCUT2D eigenvalue weighted by molar-refractivity contribution is 0.169. The van der Waals surface area contributed by atoms with Crippen LogP contribution in [0.4, 0.5) is 4.79 Å². The van der Waals surface area contributed by atoms with E-state index in [1.807, 2.05) is 12.4 Å². The highest BCUT2D eigenvalue weighted by Crippen LogP contribution is 2.35. The Hall–Kier alpha value is -1.52. The maximum Gasteiger partial charge on any atom is 0.318 e. The second kappa shape index (κ2) is 6.71. The number of imidazole rings is 1. The predicted octanol–water partition coefficient (Wildman–Crippen LogP) is 3.01. The summed E-state index contributed by atoms with van der Waals surface area (Å²) < 4.78 is 2.14. The molecule has 2 atom stereocenters. The first kappa shape index (κ1) is 15.4. The van der Waals surface area contributed by atoms with Crippen LogP contribution < -0.4 is 5.32 Å². The lowest BCUT2D eigenvalue weighted by atomic mass is 9.85. The summed E-state index contributed by atoms with van der Waals surface area (Å²) in [7, 11) is 0. The van der Waals surface area contributed by atoms with Gasteiger partial charge in [-0.3, -0.25) is 0 Å². The summed E-state index contributed by atoms with van der Waals surface area (Å²) in [4.78, 5) is 19.0. The van der Waals surface area contributed by atoms with Gasteiger partial charge in [-0.15, -0.1) is 0 Å². The maximum absolute atomic E-state index is 12.5. The van der Waals surface area contributed by atoms with Gasteiger partial charge in [0.15, 0.2) is 0 Å². The number of carbonyl (C=O) groups is 1. The van der Waals surface area contributed by atoms with Crippen molar-refractivity contribution in [1.82, 2.24) is 19.8 Å². The van der Waals surface area contributed by atoms with E-state index in [9.17, 15) is 4.79 Å². The molecule has 1 saturated heterocycles. The van der Waals surface area contributed by atoms with Crippen LogP contribution in [-0.4, -0.2) is 33.1 Å². The van der Waals surface area contributed by atoms with Crippen LogP contribution in [0.25, 0.3) is 0 Å². The number of hydrogen-bond acceptors (Lipinski definition) is 2. The summed E-state index contributed by atoms with van der Waals surface area (Å²) in [5.41, 5.74) is 0. The summed E-state index contributed by atoms with van der Waals surface area (Å²) in [6.45, 7) is 6.76. The van der Waals surface area contributed by atoms with Crippen LogP contribution in [0.2, 0.25) is 0 Å². The van der Waals surface area contributed by atoms with Gasteiger partial charge in [0, 0.05) is 31.5 Å². The van der Waals surface area contributed by atoms with Gasteiger partial charge < -0.3 is 14.8 Å². The molecule has 0 radical (unpaired) electrons. The summed E-state index contributed by atoms with van der Waals surface area (Å²) in [5.74, 6) is 2.26. The van der Waals surface area contributed by atoms with Crippen molar-refractivity contribution >= 4 is 6.03 Å². The Morgan fingerprint density at radius 2 is 2.18 bits per heavy atom. The summed E-state index contributed by atoms with van der Waals surface area (Å²) >= 11 is 0. The van der Waals surface area contributed by atoms with Gasteiger partial charge in [0.2, 0.25) is 0 Å². The Kier molecular flexibility index (Phi) is 4.69. The van der Waals surface area contributed by atoms with Crippen LogP contribution in [0, 0.1) is 11.8 Å². The molecule has 122 valence electrons. The van der Waals surface area contributed by atoms with Crippen LogP contribution in [0.15, 0.2) is 12.4 Å². The van der Waals surface area contributed by atoms with Crippen molar-refractivity contribution < 1.29 is 4.79 Å². The highest BCUT2D eigenvalue weighted by Gasteiger charge is 2.38. The zero-order chi connectivity index (χ0) is 15.5. The molecule has 5 nitrogen and oxygen atoms in total. The fraction of sp³-hybridized carbons (Fsp3) is 0.765. The smallest absolute Gasteiger partial charge is 0.318 e. The van der Waals surface area contributed by atoms with Gasteiger partial charge in [0.05, 0.1) is 6.54 Å². The number of aromatic nitrogens is 2. The average Bonchev–Trinajstić information content (AvgIpc) is 3.11. The van der Waals surface area contributed by atoms with E-state index in [0.29, 0.717) is 18.5 Å². The highest BCUT2D eigenvalue weighted by molar-refractivity contribution is 5.74. The molecule has 0 aromatic carbocycles. The number of fused-ring (bicyclic) bond motifs is 1. The Bertz CT molecular complexity index is 511. The summed E-state index contributed by atoms with van der Waals surface area (Å²) in [6.07, 6.45) is 10.1. The van der Waals surface area contributed by atoms with E-state index in [2.05, 4.69) is 33.6 Å². The van der Waals surface area contributed by atoms with Crippen LogP contribution in [0.5, 0.6) is 0 Å². The second-order valence-corrected chi connectivity index (χ2v) is 7.14. The molecule has 1 aromatic heterocycles. The molecule has 1 aliphatic heterocycles. The molecule has 0 spiro atoms. The zero-order valence-electron chi connectivity index (χ0n) is 13.8. The van der Waals surface area contributed by atoms with Crippen molar-refractivity contribution in [3.05, 3.63) is 18.2 Å². The Balaban J connectivity index is 1.55. The molecular formula is C17H28N4O. The largest absolute Gasteiger partial charge is 0.333 e. The first-order valence-corrected chi connectivity index (χ1v) is 8.69. The van der Waals surface area contributed by atoms with Gasteiger partial charge in [-0.2, -0.15) is 0 Å². The Labute approximate surface area is 133 Å². The SMILES string of the molecule is CC(C)Cn1ccnc1CNC(=O)N1CC[C@@H]2CCCC[C@@H]21. The van der Waals surface area contributed by atoms with E-state index in [-0.39, 0.29) is 6.03 Å². The molecule has 0 unspecified atom stereocenters. The molecule has 0 bridgehead atoms. The molecule has 1 saturated carbocycles. The number of likely N-dealkylation sites (tertiary alicyclic amines) is 1. The molecule has 3 rings (SSSR count). The van der Waals surface area contributed by atoms with Gasteiger partial charge in [-0.05, 0) is 31.1 Å². The molecule has 2 amide bonds. The topological polar surface area (TPSA) is 50.2 Å². The molecule has 22 heavy (non-hydrogen) atoms. The minimum Gasteiger partial charge on any atom is -0.333 e. The number of nitrogens with zero attached hydrogens (tertiary/aromatic N) is 3. The highest BCUT2D eigenvalue weighted by atomic mass is 16.2. The van der Waals surface area contributed by atoms with Crippen LogP contribution in [0.1, 0.15) is 51.8 Å². The van der Waals surface area contributed by atoms with E-state index in [1.165, 1.54) is 32.1 Å². The van der Waals surface area contributed by atoms with E-state index in [0.717, 1.165) is 24.8 Å². The van der Waals surface area contributed by atoms with Gasteiger partial charge >= 0.3 is 6.03 Å². The van der Waals surface area contributed by atoms with Crippen molar-refractivity contribution in [2.45, 2.75) is 65.1 Å². The first-order valence-electron chi connectivity index (χ1n) is 8.69. The number of rotatable bonds is 4. The number of urea groups is 1. The van der Waals surface area contributed by atoms with E-state index in [4.69, 9.17) is 0 Å². The fourth-order valence-corrected chi connectivity index (χ4v) is 3.98. The van der Waals surface area contributed by atoms with Crippen LogP contribution >= 0.6 is 0 Å². The third kappa shape index (κ3) is 3.28. The molecular weight excluding hydrogens is 276 g/mol. The molecule has 1 aliphatic carbocycles. The minimum absolute atomic E-state index is 0.0912. The average molecular weight is 304 g/mol. The van der Waals surface area contributed by atoms with Crippen molar-refractivity contribution in [3.8, 4) is 0 Å². The van der Waals surface area contributed by atoms with Crippen LogP contribution in [0.3, 0.4) is 0 Å². The lowest BCUT2D eigenvalue weighted by Crippen LogP contribution is -2.45. The maximum atomic E-state index is 12.5. The lowest BCUT2D eigenvalue weighted by Gasteiger charge is -2.31. The van der Waals surface area contributed by atoms with Gasteiger partial charge in [-0.25, -0.2) is 9.78 Å². The van der Waals surface area contributed by atoms with Gasteiger partial charge in [0.25, 0.3) is 0 Å². The molecule has 2 fully saturated rings. The van der Waals surface area contributed by atoms with Crippen molar-refractivity contribution in [2.75, 3.05) is 6.54 Å². The predicted molar refractivity (Wildman–Crippen MR) is 86.4 cm³/mol. The molecule has 1 aromatic rings.